The lowest BCUT2D eigenvalue weighted by Gasteiger charge is -2.25. The number of likely N-dealkylation sites (tertiary alicyclic amines) is 1. The Bertz CT molecular complexity index is 349. The van der Waals surface area contributed by atoms with E-state index in [0.29, 0.717) is 18.4 Å². The van der Waals surface area contributed by atoms with Crippen molar-refractivity contribution in [3.63, 3.8) is 0 Å². The molecular weight excluding hydrogens is 242 g/mol. The molecular formula is C14H25N3O2. The predicted octanol–water partition coefficient (Wildman–Crippen LogP) is 1.39. The Morgan fingerprint density at radius 2 is 2.11 bits per heavy atom. The van der Waals surface area contributed by atoms with E-state index < -0.39 is 0 Å². The van der Waals surface area contributed by atoms with Gasteiger partial charge in [-0.15, -0.1) is 0 Å². The number of nitrogens with one attached hydrogen (secondary N) is 1. The molecule has 1 spiro atoms. The minimum absolute atomic E-state index is 0.184. The van der Waals surface area contributed by atoms with Crippen molar-refractivity contribution in [3.05, 3.63) is 0 Å². The number of hydrogen-bond acceptors (Lipinski definition) is 3. The molecule has 0 unspecified atom stereocenters. The molecule has 0 radical (unpaired) electrons. The summed E-state index contributed by atoms with van der Waals surface area (Å²) in [7, 11) is 3.22. The van der Waals surface area contributed by atoms with Gasteiger partial charge in [0.05, 0.1) is 13.5 Å². The zero-order valence-electron chi connectivity index (χ0n) is 12.1. The Morgan fingerprint density at radius 1 is 1.37 bits per heavy atom. The Labute approximate surface area is 115 Å². The second-order valence-electron chi connectivity index (χ2n) is 5.68. The van der Waals surface area contributed by atoms with E-state index in [1.165, 1.54) is 39.2 Å². The van der Waals surface area contributed by atoms with E-state index in [1.54, 1.807) is 7.05 Å². The summed E-state index contributed by atoms with van der Waals surface area (Å²) in [5.74, 6) is 0.740. The number of guanidine groups is 1. The van der Waals surface area contributed by atoms with Crippen LogP contribution in [0, 0.1) is 5.41 Å². The highest BCUT2D eigenvalue weighted by molar-refractivity contribution is 5.80. The molecule has 1 saturated heterocycles. The van der Waals surface area contributed by atoms with Gasteiger partial charge < -0.3 is 15.0 Å². The smallest absolute Gasteiger partial charge is 0.307 e. The van der Waals surface area contributed by atoms with Crippen molar-refractivity contribution in [1.29, 1.82) is 0 Å². The van der Waals surface area contributed by atoms with E-state index in [9.17, 15) is 4.79 Å². The van der Waals surface area contributed by atoms with Gasteiger partial charge in [-0.2, -0.15) is 0 Å². The number of nitrogens with zero attached hydrogens (tertiary/aromatic N) is 2. The molecule has 2 aliphatic rings. The first-order chi connectivity index (χ1) is 9.19. The molecule has 19 heavy (non-hydrogen) atoms. The Kier molecular flexibility index (Phi) is 4.66. The van der Waals surface area contributed by atoms with E-state index >= 15 is 0 Å². The van der Waals surface area contributed by atoms with Crippen LogP contribution in [0.4, 0.5) is 0 Å². The van der Waals surface area contributed by atoms with Crippen molar-refractivity contribution in [1.82, 2.24) is 10.2 Å². The molecule has 2 fully saturated rings. The van der Waals surface area contributed by atoms with Crippen LogP contribution < -0.4 is 5.32 Å². The van der Waals surface area contributed by atoms with Crippen molar-refractivity contribution in [2.45, 2.75) is 38.5 Å². The fraction of sp³-hybridized carbons (Fsp3) is 0.857. The third-order valence-electron chi connectivity index (χ3n) is 4.45. The maximum absolute atomic E-state index is 11.1. The highest BCUT2D eigenvalue weighted by Crippen LogP contribution is 2.45. The second kappa shape index (κ2) is 6.26. The summed E-state index contributed by atoms with van der Waals surface area (Å²) in [5, 5.41) is 3.26. The number of hydrogen-bond donors (Lipinski definition) is 1. The van der Waals surface area contributed by atoms with Crippen molar-refractivity contribution in [2.75, 3.05) is 33.8 Å². The molecule has 2 rings (SSSR count). The lowest BCUT2D eigenvalue weighted by atomic mass is 9.86. The fourth-order valence-electron chi connectivity index (χ4n) is 3.36. The third-order valence-corrected chi connectivity index (χ3v) is 4.45. The van der Waals surface area contributed by atoms with Crippen LogP contribution in [-0.2, 0) is 9.53 Å². The lowest BCUT2D eigenvalue weighted by Crippen LogP contribution is -2.41. The minimum atomic E-state index is -0.184. The average Bonchev–Trinajstić information content (AvgIpc) is 3.05. The van der Waals surface area contributed by atoms with Gasteiger partial charge in [-0.05, 0) is 24.7 Å². The van der Waals surface area contributed by atoms with Crippen LogP contribution in [0.15, 0.2) is 4.99 Å². The van der Waals surface area contributed by atoms with Gasteiger partial charge >= 0.3 is 5.97 Å². The molecule has 0 aromatic heterocycles. The van der Waals surface area contributed by atoms with E-state index in [-0.39, 0.29) is 5.97 Å². The van der Waals surface area contributed by atoms with Gasteiger partial charge in [-0.25, -0.2) is 0 Å². The number of rotatable bonds is 3. The average molecular weight is 267 g/mol. The molecule has 1 aliphatic carbocycles. The molecule has 0 atom stereocenters. The van der Waals surface area contributed by atoms with E-state index in [4.69, 9.17) is 0 Å². The van der Waals surface area contributed by atoms with E-state index in [2.05, 4.69) is 19.9 Å². The molecule has 1 N–H and O–H groups in total. The summed E-state index contributed by atoms with van der Waals surface area (Å²) in [6, 6.07) is 0. The van der Waals surface area contributed by atoms with Crippen molar-refractivity contribution >= 4 is 11.9 Å². The molecule has 0 aromatic carbocycles. The molecule has 1 saturated carbocycles. The highest BCUT2D eigenvalue weighted by Gasteiger charge is 2.40. The summed E-state index contributed by atoms with van der Waals surface area (Å²) < 4.78 is 4.63. The summed E-state index contributed by atoms with van der Waals surface area (Å²) >= 11 is 0. The molecule has 0 amide bonds. The van der Waals surface area contributed by atoms with Gasteiger partial charge in [0.15, 0.2) is 5.96 Å². The van der Waals surface area contributed by atoms with E-state index in [1.807, 2.05) is 0 Å². The Hall–Kier alpha value is -1.26. The number of esters is 1. The largest absolute Gasteiger partial charge is 0.469 e. The number of methoxy groups -OCH3 is 1. The first kappa shape index (κ1) is 14.2. The van der Waals surface area contributed by atoms with Crippen LogP contribution in [0.1, 0.15) is 38.5 Å². The van der Waals surface area contributed by atoms with Crippen LogP contribution in [-0.4, -0.2) is 50.6 Å². The fourth-order valence-corrected chi connectivity index (χ4v) is 3.36. The van der Waals surface area contributed by atoms with Gasteiger partial charge in [-0.3, -0.25) is 9.79 Å². The van der Waals surface area contributed by atoms with Gasteiger partial charge in [0.1, 0.15) is 0 Å². The first-order valence-corrected chi connectivity index (χ1v) is 7.21. The predicted molar refractivity (Wildman–Crippen MR) is 75.1 cm³/mol. The van der Waals surface area contributed by atoms with Crippen molar-refractivity contribution in [2.24, 2.45) is 10.4 Å². The van der Waals surface area contributed by atoms with Crippen molar-refractivity contribution in [3.8, 4) is 0 Å². The second-order valence-corrected chi connectivity index (χ2v) is 5.68. The number of carbonyl (C=O) groups excluding carboxylic acids is 1. The lowest BCUT2D eigenvalue weighted by molar-refractivity contribution is -0.140. The minimum Gasteiger partial charge on any atom is -0.469 e. The first-order valence-electron chi connectivity index (χ1n) is 7.21. The quantitative estimate of drug-likeness (QED) is 0.477. The molecule has 0 bridgehead atoms. The standard InChI is InChI=1S/C14H25N3O2/c1-15-13(16-9-5-12(18)19-2)17-10-8-14(11-17)6-3-4-7-14/h3-11H2,1-2H3,(H,15,16). The number of ether oxygens (including phenoxy) is 1. The summed E-state index contributed by atoms with van der Waals surface area (Å²) in [6.07, 6.45) is 7.15. The molecule has 1 aliphatic heterocycles. The summed E-state index contributed by atoms with van der Waals surface area (Å²) in [4.78, 5) is 17.8. The maximum atomic E-state index is 11.1. The van der Waals surface area contributed by atoms with Crippen molar-refractivity contribution < 1.29 is 9.53 Å². The normalized spacial score (nSPS) is 22.0. The van der Waals surface area contributed by atoms with Gasteiger partial charge in [-0.1, -0.05) is 12.8 Å². The monoisotopic (exact) mass is 267 g/mol. The SMILES string of the molecule is CN=C(NCCC(=O)OC)N1CCC2(CCCC2)C1. The molecule has 108 valence electrons. The van der Waals surface area contributed by atoms with Crippen LogP contribution in [0.2, 0.25) is 0 Å². The number of aliphatic imine (C=N–C) groups is 1. The zero-order chi connectivity index (χ0) is 13.7. The number of carbonyl (C=O) groups is 1. The van der Waals surface area contributed by atoms with Crippen LogP contribution in [0.5, 0.6) is 0 Å². The highest BCUT2D eigenvalue weighted by atomic mass is 16.5. The van der Waals surface area contributed by atoms with Crippen LogP contribution in [0.25, 0.3) is 0 Å². The van der Waals surface area contributed by atoms with Crippen LogP contribution >= 0.6 is 0 Å². The zero-order valence-corrected chi connectivity index (χ0v) is 12.1. The molecule has 0 aromatic rings. The summed E-state index contributed by atoms with van der Waals surface area (Å²) in [6.45, 7) is 2.78. The van der Waals surface area contributed by atoms with Gasteiger partial charge in [0.25, 0.3) is 0 Å². The van der Waals surface area contributed by atoms with Gasteiger partial charge in [0, 0.05) is 26.7 Å². The Balaban J connectivity index is 1.81. The van der Waals surface area contributed by atoms with Crippen LogP contribution in [0.3, 0.4) is 0 Å². The molecule has 5 nitrogen and oxygen atoms in total. The van der Waals surface area contributed by atoms with E-state index in [0.717, 1.165) is 19.0 Å². The maximum Gasteiger partial charge on any atom is 0.307 e. The molecule has 5 heteroatoms. The summed E-state index contributed by atoms with van der Waals surface area (Å²) in [5.41, 5.74) is 0.542. The molecule has 1 heterocycles. The van der Waals surface area contributed by atoms with Gasteiger partial charge in [0.2, 0.25) is 0 Å². The topological polar surface area (TPSA) is 53.9 Å². The Morgan fingerprint density at radius 3 is 2.74 bits per heavy atom. The third kappa shape index (κ3) is 3.39.